The van der Waals surface area contributed by atoms with Crippen LogP contribution in [0.5, 0.6) is 5.75 Å². The molecule has 3 aromatic rings. The van der Waals surface area contributed by atoms with Gasteiger partial charge in [0.2, 0.25) is 0 Å². The number of benzene rings is 2. The maximum absolute atomic E-state index is 10.9. The Hall–Kier alpha value is -2.79. The molecule has 0 bridgehead atoms. The maximum atomic E-state index is 10.9. The van der Waals surface area contributed by atoms with E-state index in [1.165, 1.54) is 29.3 Å². The third-order valence-electron chi connectivity index (χ3n) is 7.43. The molecule has 2 heterocycles. The van der Waals surface area contributed by atoms with E-state index in [1.807, 2.05) is 24.3 Å². The quantitative estimate of drug-likeness (QED) is 0.372. The molecule has 0 spiro atoms. The van der Waals surface area contributed by atoms with Gasteiger partial charge in [-0.05, 0) is 87.9 Å². The normalized spacial score (nSPS) is 15.6. The van der Waals surface area contributed by atoms with Gasteiger partial charge in [0.1, 0.15) is 5.75 Å². The zero-order valence-corrected chi connectivity index (χ0v) is 20.8. The molecule has 182 valence electrons. The molecular formula is C29H38N2O3. The number of rotatable bonds is 10. The monoisotopic (exact) mass is 462 g/mol. The number of carboxylic acid groups (broad SMARTS) is 1. The lowest BCUT2D eigenvalue weighted by atomic mass is 9.89. The Bertz CT molecular complexity index is 1110. The Morgan fingerprint density at radius 2 is 1.88 bits per heavy atom. The number of nitrogens with zero attached hydrogens (tertiary/aromatic N) is 2. The second kappa shape index (κ2) is 10.6. The Labute approximate surface area is 203 Å². The molecule has 1 aliphatic rings. The molecule has 1 aromatic heterocycles. The lowest BCUT2D eigenvalue weighted by Crippen LogP contribution is -2.34. The van der Waals surface area contributed by atoms with E-state index in [4.69, 9.17) is 9.84 Å². The SMILES string of the molecule is CCC(C)(C)n1cc(C2CCN(CCCOc3cccc(CC(=O)O)c3)CC2)c2ccccc21. The number of aromatic nitrogens is 1. The average molecular weight is 463 g/mol. The minimum absolute atomic E-state index is 0.0285. The van der Waals surface area contributed by atoms with Crippen molar-refractivity contribution >= 4 is 16.9 Å². The fraction of sp³-hybridized carbons (Fsp3) is 0.483. The van der Waals surface area contributed by atoms with Gasteiger partial charge in [-0.15, -0.1) is 0 Å². The van der Waals surface area contributed by atoms with E-state index < -0.39 is 5.97 Å². The zero-order chi connectivity index (χ0) is 24.1. The summed E-state index contributed by atoms with van der Waals surface area (Å²) in [6, 6.07) is 16.3. The van der Waals surface area contributed by atoms with Gasteiger partial charge in [-0.3, -0.25) is 4.79 Å². The van der Waals surface area contributed by atoms with E-state index in [0.29, 0.717) is 12.5 Å². The molecule has 0 saturated carbocycles. The van der Waals surface area contributed by atoms with Gasteiger partial charge in [0, 0.05) is 29.2 Å². The summed E-state index contributed by atoms with van der Waals surface area (Å²) in [5.41, 5.74) is 3.76. The number of fused-ring (bicyclic) bond motifs is 1. The minimum Gasteiger partial charge on any atom is -0.494 e. The number of piperidine rings is 1. The van der Waals surface area contributed by atoms with Crippen LogP contribution in [0.1, 0.15) is 63.5 Å². The Kier molecular flexibility index (Phi) is 7.62. The van der Waals surface area contributed by atoms with Gasteiger partial charge in [0.05, 0.1) is 13.0 Å². The number of hydrogen-bond donors (Lipinski definition) is 1. The number of para-hydroxylation sites is 1. The molecule has 1 saturated heterocycles. The first-order valence-corrected chi connectivity index (χ1v) is 12.6. The summed E-state index contributed by atoms with van der Waals surface area (Å²) < 4.78 is 8.37. The molecule has 34 heavy (non-hydrogen) atoms. The summed E-state index contributed by atoms with van der Waals surface area (Å²) in [6.45, 7) is 10.9. The predicted octanol–water partition coefficient (Wildman–Crippen LogP) is 6.06. The first-order valence-electron chi connectivity index (χ1n) is 12.6. The van der Waals surface area contributed by atoms with Crippen molar-refractivity contribution in [2.45, 2.75) is 64.3 Å². The number of carboxylic acids is 1. The fourth-order valence-electron chi connectivity index (χ4n) is 5.07. The van der Waals surface area contributed by atoms with Crippen molar-refractivity contribution in [3.63, 3.8) is 0 Å². The third kappa shape index (κ3) is 5.64. The molecule has 0 unspecified atom stereocenters. The molecule has 5 nitrogen and oxygen atoms in total. The topological polar surface area (TPSA) is 54.7 Å². The van der Waals surface area contributed by atoms with Crippen LogP contribution in [0.25, 0.3) is 10.9 Å². The molecule has 0 amide bonds. The number of aliphatic carboxylic acids is 1. The van der Waals surface area contributed by atoms with Gasteiger partial charge in [0.25, 0.3) is 0 Å². The minimum atomic E-state index is -0.820. The molecule has 0 atom stereocenters. The van der Waals surface area contributed by atoms with Crippen LogP contribution in [0, 0.1) is 0 Å². The molecule has 0 aliphatic carbocycles. The highest BCUT2D eigenvalue weighted by atomic mass is 16.5. The fourth-order valence-corrected chi connectivity index (χ4v) is 5.07. The lowest BCUT2D eigenvalue weighted by molar-refractivity contribution is -0.136. The molecule has 0 radical (unpaired) electrons. The number of likely N-dealkylation sites (tertiary alicyclic amines) is 1. The van der Waals surface area contributed by atoms with E-state index in [2.05, 4.69) is 60.7 Å². The van der Waals surface area contributed by atoms with Gasteiger partial charge in [-0.2, -0.15) is 0 Å². The summed E-state index contributed by atoms with van der Waals surface area (Å²) in [6.07, 6.45) is 6.92. The molecule has 1 aliphatic heterocycles. The van der Waals surface area contributed by atoms with Crippen LogP contribution in [-0.2, 0) is 16.8 Å². The van der Waals surface area contributed by atoms with Gasteiger partial charge in [-0.25, -0.2) is 0 Å². The Morgan fingerprint density at radius 3 is 2.62 bits per heavy atom. The van der Waals surface area contributed by atoms with Crippen molar-refractivity contribution < 1.29 is 14.6 Å². The third-order valence-corrected chi connectivity index (χ3v) is 7.43. The Balaban J connectivity index is 1.29. The number of ether oxygens (including phenoxy) is 1. The van der Waals surface area contributed by atoms with Gasteiger partial charge < -0.3 is 19.3 Å². The highest BCUT2D eigenvalue weighted by Gasteiger charge is 2.27. The zero-order valence-electron chi connectivity index (χ0n) is 20.8. The van der Waals surface area contributed by atoms with Gasteiger partial charge in [-0.1, -0.05) is 37.3 Å². The summed E-state index contributed by atoms with van der Waals surface area (Å²) in [5.74, 6) is 0.548. The summed E-state index contributed by atoms with van der Waals surface area (Å²) in [4.78, 5) is 13.5. The van der Waals surface area contributed by atoms with Gasteiger partial charge >= 0.3 is 5.97 Å². The van der Waals surface area contributed by atoms with Crippen molar-refractivity contribution in [1.82, 2.24) is 9.47 Å². The lowest BCUT2D eigenvalue weighted by Gasteiger charge is -2.32. The van der Waals surface area contributed by atoms with E-state index in [-0.39, 0.29) is 12.0 Å². The first-order chi connectivity index (χ1) is 16.4. The van der Waals surface area contributed by atoms with Crippen molar-refractivity contribution in [3.05, 3.63) is 65.9 Å². The van der Waals surface area contributed by atoms with Crippen molar-refractivity contribution in [1.29, 1.82) is 0 Å². The summed E-state index contributed by atoms with van der Waals surface area (Å²) in [5, 5.41) is 10.4. The van der Waals surface area contributed by atoms with Crippen LogP contribution >= 0.6 is 0 Å². The van der Waals surface area contributed by atoms with Crippen LogP contribution in [-0.4, -0.2) is 46.8 Å². The number of carbonyl (C=O) groups is 1. The van der Waals surface area contributed by atoms with Gasteiger partial charge in [0.15, 0.2) is 0 Å². The van der Waals surface area contributed by atoms with E-state index >= 15 is 0 Å². The highest BCUT2D eigenvalue weighted by Crippen LogP contribution is 2.37. The summed E-state index contributed by atoms with van der Waals surface area (Å²) >= 11 is 0. The van der Waals surface area contributed by atoms with Crippen LogP contribution < -0.4 is 4.74 Å². The first kappa shape index (κ1) is 24.3. The van der Waals surface area contributed by atoms with Crippen molar-refractivity contribution in [2.24, 2.45) is 0 Å². The van der Waals surface area contributed by atoms with Crippen molar-refractivity contribution in [3.8, 4) is 5.75 Å². The van der Waals surface area contributed by atoms with Crippen LogP contribution in [0.3, 0.4) is 0 Å². The molecule has 5 heteroatoms. The van der Waals surface area contributed by atoms with Crippen molar-refractivity contribution in [2.75, 3.05) is 26.2 Å². The van der Waals surface area contributed by atoms with Crippen LogP contribution in [0.15, 0.2) is 54.7 Å². The maximum Gasteiger partial charge on any atom is 0.307 e. The molecular weight excluding hydrogens is 424 g/mol. The van der Waals surface area contributed by atoms with Crippen LogP contribution in [0.2, 0.25) is 0 Å². The molecule has 2 aromatic carbocycles. The molecule has 4 rings (SSSR count). The highest BCUT2D eigenvalue weighted by molar-refractivity contribution is 5.85. The smallest absolute Gasteiger partial charge is 0.307 e. The second-order valence-electron chi connectivity index (χ2n) is 10.2. The molecule has 1 fully saturated rings. The standard InChI is InChI=1S/C29H38N2O3/c1-4-29(2,3)31-21-26(25-11-5-6-12-27(25)31)23-13-16-30(17-14-23)15-8-18-34-24-10-7-9-22(19-24)20-28(32)33/h5-7,9-12,19,21,23H,4,8,13-18,20H2,1-3H3,(H,32,33). The Morgan fingerprint density at radius 1 is 1.12 bits per heavy atom. The molecule has 1 N–H and O–H groups in total. The van der Waals surface area contributed by atoms with E-state index in [9.17, 15) is 4.79 Å². The largest absolute Gasteiger partial charge is 0.494 e. The summed E-state index contributed by atoms with van der Waals surface area (Å²) in [7, 11) is 0. The average Bonchev–Trinajstić information content (AvgIpc) is 3.23. The number of hydrogen-bond acceptors (Lipinski definition) is 3. The van der Waals surface area contributed by atoms with E-state index in [1.54, 1.807) is 0 Å². The second-order valence-corrected chi connectivity index (χ2v) is 10.2. The predicted molar refractivity (Wildman–Crippen MR) is 138 cm³/mol. The van der Waals surface area contributed by atoms with Crippen LogP contribution in [0.4, 0.5) is 0 Å². The van der Waals surface area contributed by atoms with E-state index in [0.717, 1.165) is 43.8 Å².